The van der Waals surface area contributed by atoms with Crippen LogP contribution in [0.2, 0.25) is 0 Å². The van der Waals surface area contributed by atoms with Gasteiger partial charge in [-0.3, -0.25) is 4.90 Å². The minimum Gasteiger partial charge on any atom is -0.390 e. The van der Waals surface area contributed by atoms with Crippen LogP contribution in [-0.4, -0.2) is 53.7 Å². The van der Waals surface area contributed by atoms with Gasteiger partial charge in [-0.15, -0.1) is 0 Å². The molecule has 1 saturated heterocycles. The van der Waals surface area contributed by atoms with Gasteiger partial charge in [0, 0.05) is 37.4 Å². The first-order valence-electron chi connectivity index (χ1n) is 11.1. The Bertz CT molecular complexity index is 1350. The van der Waals surface area contributed by atoms with E-state index in [2.05, 4.69) is 30.2 Å². The molecule has 4 heterocycles. The van der Waals surface area contributed by atoms with Crippen LogP contribution in [0.5, 0.6) is 0 Å². The Morgan fingerprint density at radius 1 is 1.09 bits per heavy atom. The number of β-amino-alcohol motifs (C(OH)–C–C–N with tert-alkyl or cyclic N) is 1. The number of aliphatic hydroxyl groups excluding tert-OH is 1. The van der Waals surface area contributed by atoms with Gasteiger partial charge in [-0.05, 0) is 44.5 Å². The number of nitrogens with zero attached hydrogens (tertiary/aromatic N) is 6. The number of aliphatic hydroxyl groups is 1. The Balaban J connectivity index is 1.42. The molecule has 8 nitrogen and oxygen atoms in total. The maximum absolute atomic E-state index is 14.9. The fourth-order valence-corrected chi connectivity index (χ4v) is 4.32. The first kappa shape index (κ1) is 22.3. The molecule has 1 fully saturated rings. The largest absolute Gasteiger partial charge is 0.390 e. The lowest BCUT2D eigenvalue weighted by Gasteiger charge is -2.35. The second-order valence-corrected chi connectivity index (χ2v) is 8.86. The third-order valence-corrected chi connectivity index (χ3v) is 5.87. The van der Waals surface area contributed by atoms with Crippen molar-refractivity contribution in [3.63, 3.8) is 0 Å². The summed E-state index contributed by atoms with van der Waals surface area (Å²) in [5.74, 6) is 0.147. The molecule has 0 aliphatic carbocycles. The average molecular weight is 466 g/mol. The van der Waals surface area contributed by atoms with Gasteiger partial charge in [-0.2, -0.15) is 0 Å². The number of imidazole rings is 1. The number of hydrogen-bond donors (Lipinski definition) is 2. The van der Waals surface area contributed by atoms with E-state index in [4.69, 9.17) is 0 Å². The van der Waals surface area contributed by atoms with E-state index >= 15 is 0 Å². The smallest absolute Gasteiger partial charge is 0.229 e. The predicted octanol–water partition coefficient (Wildman–Crippen LogP) is 3.98. The van der Waals surface area contributed by atoms with Gasteiger partial charge in [-0.25, -0.2) is 28.7 Å². The summed E-state index contributed by atoms with van der Waals surface area (Å²) in [5.41, 5.74) is 2.14. The molecule has 2 N–H and O–H groups in total. The molecule has 1 aliphatic heterocycles. The van der Waals surface area contributed by atoms with Gasteiger partial charge in [0.2, 0.25) is 5.95 Å². The van der Waals surface area contributed by atoms with Gasteiger partial charge >= 0.3 is 0 Å². The van der Waals surface area contributed by atoms with Gasteiger partial charge in [-0.1, -0.05) is 6.07 Å². The number of nitrogens with one attached hydrogen (secondary N) is 1. The fraction of sp³-hybridized carbons (Fsp3) is 0.333. The molecule has 0 unspecified atom stereocenters. The molecule has 0 saturated carbocycles. The number of benzene rings is 1. The Morgan fingerprint density at radius 3 is 2.56 bits per heavy atom. The zero-order valence-corrected chi connectivity index (χ0v) is 19.1. The summed E-state index contributed by atoms with van der Waals surface area (Å²) in [6, 6.07) is 6.71. The van der Waals surface area contributed by atoms with Crippen molar-refractivity contribution in [2.24, 2.45) is 0 Å². The van der Waals surface area contributed by atoms with E-state index in [-0.39, 0.29) is 29.3 Å². The van der Waals surface area contributed by atoms with E-state index < -0.39 is 11.6 Å². The van der Waals surface area contributed by atoms with E-state index in [1.54, 1.807) is 18.3 Å². The first-order valence-corrected chi connectivity index (χ1v) is 11.1. The lowest BCUT2D eigenvalue weighted by atomic mass is 10.1. The molecule has 176 valence electrons. The molecular formula is C24H25F2N7O. The summed E-state index contributed by atoms with van der Waals surface area (Å²) in [6.45, 7) is 7.82. The Kier molecular flexibility index (Phi) is 5.70. The zero-order chi connectivity index (χ0) is 24.0. The number of halogens is 2. The second kappa shape index (κ2) is 8.69. The number of rotatable bonds is 6. The van der Waals surface area contributed by atoms with E-state index in [0.29, 0.717) is 42.4 Å². The summed E-state index contributed by atoms with van der Waals surface area (Å²) in [7, 11) is 0. The quantitative estimate of drug-likeness (QED) is 0.445. The second-order valence-electron chi connectivity index (χ2n) is 8.86. The highest BCUT2D eigenvalue weighted by Gasteiger charge is 2.24. The molecule has 0 radical (unpaired) electrons. The maximum Gasteiger partial charge on any atom is 0.229 e. The predicted molar refractivity (Wildman–Crippen MR) is 125 cm³/mol. The number of anilines is 2. The average Bonchev–Trinajstić information content (AvgIpc) is 3.12. The molecule has 0 bridgehead atoms. The normalized spacial score (nSPS) is 14.7. The molecule has 0 spiro atoms. The standard InChI is InChI=1S/C24H25F2N7O/c1-13(2)33-14(3)29-23-18(25)6-16(7-20(23)33)22-19(26)9-28-24(31-22)30-21-5-4-15(8-27-21)10-32-11-17(34)12-32/h4-9,13,17,34H,10-12H2,1-3H3,(H,27,28,30,31). The van der Waals surface area contributed by atoms with Crippen LogP contribution in [0.3, 0.4) is 0 Å². The molecule has 4 aromatic rings. The van der Waals surface area contributed by atoms with E-state index in [9.17, 15) is 13.9 Å². The van der Waals surface area contributed by atoms with Crippen LogP contribution in [0.15, 0.2) is 36.7 Å². The van der Waals surface area contributed by atoms with Gasteiger partial charge in [0.25, 0.3) is 0 Å². The fourth-order valence-electron chi connectivity index (χ4n) is 4.32. The van der Waals surface area contributed by atoms with Gasteiger partial charge < -0.3 is 15.0 Å². The third kappa shape index (κ3) is 4.22. The van der Waals surface area contributed by atoms with Crippen LogP contribution < -0.4 is 5.32 Å². The van der Waals surface area contributed by atoms with Crippen molar-refractivity contribution in [3.05, 3.63) is 59.7 Å². The summed E-state index contributed by atoms with van der Waals surface area (Å²) in [4.78, 5) is 19.1. The zero-order valence-electron chi connectivity index (χ0n) is 19.1. The Morgan fingerprint density at radius 2 is 1.88 bits per heavy atom. The molecule has 0 atom stereocenters. The van der Waals surface area contributed by atoms with Gasteiger partial charge in [0.15, 0.2) is 11.6 Å². The summed E-state index contributed by atoms with van der Waals surface area (Å²) >= 11 is 0. The van der Waals surface area contributed by atoms with Gasteiger partial charge in [0.05, 0.1) is 17.8 Å². The third-order valence-electron chi connectivity index (χ3n) is 5.87. The molecule has 0 amide bonds. The van der Waals surface area contributed by atoms with Crippen molar-refractivity contribution in [1.82, 2.24) is 29.4 Å². The molecule has 5 rings (SSSR count). The summed E-state index contributed by atoms with van der Waals surface area (Å²) < 4.78 is 31.5. The Hall–Kier alpha value is -3.50. The van der Waals surface area contributed by atoms with Crippen LogP contribution in [-0.2, 0) is 6.54 Å². The molecular weight excluding hydrogens is 440 g/mol. The number of likely N-dealkylation sites (tertiary alicyclic amines) is 1. The highest BCUT2D eigenvalue weighted by atomic mass is 19.1. The SMILES string of the molecule is Cc1nc2c(F)cc(-c3nc(Nc4ccc(CN5CC(O)C5)cn4)ncc3F)cc2n1C(C)C. The number of fused-ring (bicyclic) bond motifs is 1. The minimum atomic E-state index is -0.656. The molecule has 1 aromatic carbocycles. The van der Waals surface area contributed by atoms with Crippen LogP contribution in [0, 0.1) is 18.6 Å². The van der Waals surface area contributed by atoms with Crippen molar-refractivity contribution in [1.29, 1.82) is 0 Å². The Labute approximate surface area is 195 Å². The monoisotopic (exact) mass is 465 g/mol. The molecule has 3 aromatic heterocycles. The van der Waals surface area contributed by atoms with Crippen molar-refractivity contribution in [2.75, 3.05) is 18.4 Å². The van der Waals surface area contributed by atoms with Crippen LogP contribution in [0.4, 0.5) is 20.5 Å². The summed E-state index contributed by atoms with van der Waals surface area (Å²) in [5, 5.41) is 12.4. The number of pyridine rings is 1. The number of hydrogen-bond acceptors (Lipinski definition) is 7. The van der Waals surface area contributed by atoms with Crippen molar-refractivity contribution in [2.45, 2.75) is 39.5 Å². The molecule has 10 heteroatoms. The van der Waals surface area contributed by atoms with Crippen molar-refractivity contribution >= 4 is 22.8 Å². The molecule has 1 aliphatic rings. The van der Waals surface area contributed by atoms with E-state index in [1.165, 1.54) is 6.07 Å². The van der Waals surface area contributed by atoms with E-state index in [0.717, 1.165) is 11.8 Å². The van der Waals surface area contributed by atoms with Crippen LogP contribution >= 0.6 is 0 Å². The highest BCUT2D eigenvalue weighted by molar-refractivity contribution is 5.83. The summed E-state index contributed by atoms with van der Waals surface area (Å²) in [6.07, 6.45) is 2.54. The minimum absolute atomic E-state index is 0.0135. The highest BCUT2D eigenvalue weighted by Crippen LogP contribution is 2.30. The first-order chi connectivity index (χ1) is 16.3. The van der Waals surface area contributed by atoms with Crippen LogP contribution in [0.1, 0.15) is 31.3 Å². The number of aryl methyl sites for hydroxylation is 1. The maximum atomic E-state index is 14.9. The molecule has 34 heavy (non-hydrogen) atoms. The van der Waals surface area contributed by atoms with Crippen molar-refractivity contribution < 1.29 is 13.9 Å². The topological polar surface area (TPSA) is 92.0 Å². The lowest BCUT2D eigenvalue weighted by molar-refractivity contribution is -0.00291. The van der Waals surface area contributed by atoms with E-state index in [1.807, 2.05) is 31.4 Å². The van der Waals surface area contributed by atoms with Crippen molar-refractivity contribution in [3.8, 4) is 11.3 Å². The van der Waals surface area contributed by atoms with Crippen LogP contribution in [0.25, 0.3) is 22.3 Å². The van der Waals surface area contributed by atoms with Gasteiger partial charge in [0.1, 0.15) is 22.9 Å². The number of aromatic nitrogens is 5. The lowest BCUT2D eigenvalue weighted by Crippen LogP contribution is -2.49.